The van der Waals surface area contributed by atoms with Crippen molar-refractivity contribution in [1.82, 2.24) is 21.3 Å². The van der Waals surface area contributed by atoms with E-state index in [1.54, 1.807) is 6.08 Å². The Labute approximate surface area is 697 Å². The summed E-state index contributed by atoms with van der Waals surface area (Å²) in [4.78, 5) is 94.2. The predicted molar refractivity (Wildman–Crippen MR) is 422 cm³/mol. The molecule has 4 rings (SSSR count). The lowest BCUT2D eigenvalue weighted by molar-refractivity contribution is -0.394. The van der Waals surface area contributed by atoms with Crippen molar-refractivity contribution in [2.45, 2.75) is 404 Å². The van der Waals surface area contributed by atoms with Gasteiger partial charge in [-0.05, 0) is 25.2 Å². The van der Waals surface area contributed by atoms with E-state index >= 15 is 0 Å². The number of carbonyl (C=O) groups is 7. The SMILES string of the molecule is CCCCCCCCCCCCCCCCCCCCCCC(O)C(=O)NC(CO[C@@H]1OC(CO[C@]2(C(=O)O)CC[C@](NC(C)=O)(OC3(C(C)=O)CC(O)[C@@H](NC(=O)CO[C@@]4(C(=O)O)CC(O)[C@@H](NC(=O)CO)C(C(O)C(O)CO)O4)C(C(O)C(O)CO)O3)C(C(O)C(O)CO)O2)[C@@H](O)[C@@H](O)C1O)C(O)/C=C/CCCCCCCCC(C)CC. The number of carbonyl (C=O) groups excluding carboxylic acids is 5. The smallest absolute Gasteiger partial charge is 0.364 e. The maximum absolute atomic E-state index is 14.3. The standard InChI is InChI=1S/C81H144N4O34/c1-6-8-9-10-11-12-13-14-15-16-17-18-19-20-21-22-23-28-31-34-37-54(93)74(107)82-52(53(92)36-33-30-27-25-24-26-29-32-35-49(3)7-2)46-112-75-70(106)69(105)68(104)60(115-75)47-113-79(76(108)109)39-38-78(85-51(5)91,73(118-79)67(103)59(98)44-88)119-80(50(4)90)40-55(94)64(71(116-80)65(101)57(96)42-86)84-62(100)48-114-81(77(110)111)41-56(95)63(83-61(99)45-89)72(117-81)66(102)58(97)43-87/h33,36,49,52-60,63-73,75,86-89,92-98,101-106H,6-32,34-35,37-48H2,1-5H3,(H,82,107)(H,83,99)(H,84,100)(H,85,91)(H,108,109)(H,110,111)/b36-33+/t49?,52?,53?,54?,55?,56?,57?,58?,59?,60?,63-,64-,65?,66?,67?,68-,69-,70?,71?,72?,73?,75-,78+,79-,80?,81+/m1/s1. The van der Waals surface area contributed by atoms with Crippen molar-refractivity contribution < 1.29 is 168 Å². The Morgan fingerprint density at radius 1 is 0.529 bits per heavy atom. The minimum Gasteiger partial charge on any atom is -0.477 e. The van der Waals surface area contributed by atoms with Gasteiger partial charge in [-0.25, -0.2) is 9.59 Å². The van der Waals surface area contributed by atoms with Gasteiger partial charge in [0.1, 0.15) is 98.7 Å². The highest BCUT2D eigenvalue weighted by atomic mass is 16.8. The number of carboxylic acids is 2. The number of hydrogen-bond acceptors (Lipinski definition) is 32. The number of amides is 4. The van der Waals surface area contributed by atoms with Crippen LogP contribution in [0.3, 0.4) is 0 Å². The number of allylic oxidation sites excluding steroid dienone is 1. The van der Waals surface area contributed by atoms with E-state index in [-0.39, 0.29) is 6.42 Å². The van der Waals surface area contributed by atoms with Gasteiger partial charge in [0, 0.05) is 39.5 Å². The van der Waals surface area contributed by atoms with E-state index in [1.807, 2.05) is 0 Å². The summed E-state index contributed by atoms with van der Waals surface area (Å²) in [6, 6.07) is -5.28. The van der Waals surface area contributed by atoms with Crippen molar-refractivity contribution >= 4 is 41.4 Å². The van der Waals surface area contributed by atoms with Gasteiger partial charge in [0.25, 0.3) is 11.6 Å². The zero-order chi connectivity index (χ0) is 88.6. The summed E-state index contributed by atoms with van der Waals surface area (Å²) in [5.41, 5.74) is -2.96. The Kier molecular flexibility index (Phi) is 49.1. The van der Waals surface area contributed by atoms with Gasteiger partial charge < -0.3 is 156 Å². The number of aliphatic carboxylic acids is 2. The van der Waals surface area contributed by atoms with E-state index < -0.39 is 265 Å². The van der Waals surface area contributed by atoms with Crippen LogP contribution in [0.1, 0.15) is 253 Å². The molecule has 4 saturated heterocycles. The van der Waals surface area contributed by atoms with Crippen LogP contribution in [0.15, 0.2) is 12.2 Å². The van der Waals surface area contributed by atoms with Crippen molar-refractivity contribution in [3.05, 3.63) is 12.2 Å². The molecule has 4 aliphatic rings. The molecule has 23 N–H and O–H groups in total. The number of Topliss-reactive ketones (excluding diaryl/α,β-unsaturated/α-hetero) is 1. The molecule has 4 heterocycles. The Morgan fingerprint density at radius 2 is 0.992 bits per heavy atom. The van der Waals surface area contributed by atoms with Crippen molar-refractivity contribution in [3.8, 4) is 0 Å². The lowest BCUT2D eigenvalue weighted by Gasteiger charge is -2.55. The van der Waals surface area contributed by atoms with E-state index in [0.29, 0.717) is 18.8 Å². The van der Waals surface area contributed by atoms with E-state index in [1.165, 1.54) is 102 Å². The first-order chi connectivity index (χ1) is 56.5. The lowest BCUT2D eigenvalue weighted by Crippen LogP contribution is -2.75. The Balaban J connectivity index is 1.54. The monoisotopic (exact) mass is 1720 g/mol. The predicted octanol–water partition coefficient (Wildman–Crippen LogP) is -0.736. The molecule has 692 valence electrons. The third-order valence-electron chi connectivity index (χ3n) is 22.9. The molecular formula is C81H144N4O34. The molecule has 38 nitrogen and oxygen atoms in total. The van der Waals surface area contributed by atoms with Crippen LogP contribution in [-0.2, 0) is 71.5 Å². The largest absolute Gasteiger partial charge is 0.477 e. The molecule has 4 aliphatic heterocycles. The first-order valence-electron chi connectivity index (χ1n) is 42.9. The molecule has 4 fully saturated rings. The molecule has 0 radical (unpaired) electrons. The number of nitrogens with one attached hydrogen (secondary N) is 4. The Hall–Kier alpha value is -4.77. The maximum atomic E-state index is 14.3. The number of ketones is 1. The fraction of sp³-hybridized carbons (Fsp3) is 0.889. The van der Waals surface area contributed by atoms with E-state index in [4.69, 9.17) is 37.9 Å². The first kappa shape index (κ1) is 107. The van der Waals surface area contributed by atoms with Crippen LogP contribution in [0, 0.1) is 5.92 Å². The average molecular weight is 1720 g/mol. The number of ether oxygens (including phenoxy) is 8. The van der Waals surface area contributed by atoms with Gasteiger partial charge in [0.15, 0.2) is 17.8 Å². The minimum absolute atomic E-state index is 0.0972. The van der Waals surface area contributed by atoms with Crippen LogP contribution < -0.4 is 21.3 Å². The molecular weight excluding hydrogens is 1570 g/mol. The van der Waals surface area contributed by atoms with Gasteiger partial charge in [-0.2, -0.15) is 0 Å². The summed E-state index contributed by atoms with van der Waals surface area (Å²) < 4.78 is 47.1. The molecule has 0 bridgehead atoms. The van der Waals surface area contributed by atoms with Gasteiger partial charge in [0.2, 0.25) is 29.4 Å². The summed E-state index contributed by atoms with van der Waals surface area (Å²) in [6.07, 6.45) is -7.94. The van der Waals surface area contributed by atoms with Crippen LogP contribution in [-0.4, -0.2) is 336 Å². The fourth-order valence-corrected chi connectivity index (χ4v) is 15.4. The topological polar surface area (TPSA) is 626 Å². The number of unbranched alkanes of at least 4 members (excludes halogenated alkanes) is 25. The summed E-state index contributed by atoms with van der Waals surface area (Å²) >= 11 is 0. The molecule has 0 spiro atoms. The van der Waals surface area contributed by atoms with Crippen LogP contribution >= 0.6 is 0 Å². The molecule has 0 aromatic heterocycles. The third-order valence-corrected chi connectivity index (χ3v) is 22.9. The Morgan fingerprint density at radius 3 is 1.46 bits per heavy atom. The van der Waals surface area contributed by atoms with E-state index in [2.05, 4.69) is 42.0 Å². The zero-order valence-corrected chi connectivity index (χ0v) is 70.0. The lowest BCUT2D eigenvalue weighted by atomic mass is 9.84. The molecule has 119 heavy (non-hydrogen) atoms. The number of carboxylic acid groups (broad SMARTS) is 2. The molecule has 0 saturated carbocycles. The highest BCUT2D eigenvalue weighted by molar-refractivity contribution is 5.85. The van der Waals surface area contributed by atoms with Crippen molar-refractivity contribution in [2.75, 3.05) is 46.2 Å². The first-order valence-corrected chi connectivity index (χ1v) is 42.9. The number of rotatable bonds is 62. The average Bonchev–Trinajstić information content (AvgIpc) is 0.727. The zero-order valence-electron chi connectivity index (χ0n) is 70.0. The summed E-state index contributed by atoms with van der Waals surface area (Å²) in [7, 11) is 0. The van der Waals surface area contributed by atoms with Crippen molar-refractivity contribution in [1.29, 1.82) is 0 Å². The van der Waals surface area contributed by atoms with Gasteiger partial charge in [-0.3, -0.25) is 24.0 Å². The van der Waals surface area contributed by atoms with Gasteiger partial charge in [-0.1, -0.05) is 206 Å². The van der Waals surface area contributed by atoms with E-state index in [0.717, 1.165) is 90.9 Å². The second kappa shape index (κ2) is 54.9. The van der Waals surface area contributed by atoms with Crippen LogP contribution in [0.5, 0.6) is 0 Å². The van der Waals surface area contributed by atoms with Gasteiger partial charge in [0.05, 0.1) is 69.5 Å². The number of aliphatic hydroxyl groups excluding tert-OH is 17. The third kappa shape index (κ3) is 33.6. The highest BCUT2D eigenvalue weighted by Gasteiger charge is 2.66. The van der Waals surface area contributed by atoms with Gasteiger partial charge in [-0.15, -0.1) is 0 Å². The van der Waals surface area contributed by atoms with Crippen LogP contribution in [0.25, 0.3) is 0 Å². The second-order valence-electron chi connectivity index (χ2n) is 32.6. The summed E-state index contributed by atoms with van der Waals surface area (Å²) in [5.74, 6) is -19.0. The molecule has 38 heteroatoms. The molecule has 0 aromatic rings. The highest BCUT2D eigenvalue weighted by Crippen LogP contribution is 2.46. The van der Waals surface area contributed by atoms with Crippen LogP contribution in [0.4, 0.5) is 0 Å². The summed E-state index contributed by atoms with van der Waals surface area (Å²) in [6.45, 7) is -0.144. The molecule has 26 atom stereocenters. The minimum atomic E-state index is -3.18. The Bertz CT molecular complexity index is 2970. The molecule has 4 amide bonds. The fourth-order valence-electron chi connectivity index (χ4n) is 15.4. The quantitative estimate of drug-likeness (QED) is 0.0203. The van der Waals surface area contributed by atoms with E-state index in [9.17, 15) is 131 Å². The second-order valence-corrected chi connectivity index (χ2v) is 32.6. The molecule has 0 aliphatic carbocycles. The summed E-state index contributed by atoms with van der Waals surface area (Å²) in [5, 5.41) is 217. The normalized spacial score (nSPS) is 29.9. The number of aliphatic hydroxyl groups is 17. The van der Waals surface area contributed by atoms with Crippen molar-refractivity contribution in [3.63, 3.8) is 0 Å². The van der Waals surface area contributed by atoms with Crippen molar-refractivity contribution in [2.24, 2.45) is 5.92 Å². The number of hydrogen-bond donors (Lipinski definition) is 23. The van der Waals surface area contributed by atoms with Crippen LogP contribution in [0.2, 0.25) is 0 Å². The van der Waals surface area contributed by atoms with Gasteiger partial charge >= 0.3 is 11.9 Å². The molecule has 18 unspecified atom stereocenters. The molecule has 0 aromatic carbocycles. The maximum Gasteiger partial charge on any atom is 0.364 e.